The molecule has 0 radical (unpaired) electrons. The highest BCUT2D eigenvalue weighted by Crippen LogP contribution is 2.26. The van der Waals surface area contributed by atoms with Gasteiger partial charge in [-0.05, 0) is 38.5 Å². The molecular formula is C16H20N2O3S. The van der Waals surface area contributed by atoms with Crippen molar-refractivity contribution in [3.05, 3.63) is 45.9 Å². The molecule has 1 aromatic heterocycles. The van der Waals surface area contributed by atoms with Gasteiger partial charge in [0.2, 0.25) is 0 Å². The molecular weight excluding hydrogens is 300 g/mol. The Labute approximate surface area is 134 Å². The first-order valence-electron chi connectivity index (χ1n) is 6.90. The Kier molecular flexibility index (Phi) is 4.83. The largest absolute Gasteiger partial charge is 0.497 e. The lowest BCUT2D eigenvalue weighted by Crippen LogP contribution is -2.43. The minimum atomic E-state index is -1.25. The molecule has 2 aromatic rings. The summed E-state index contributed by atoms with van der Waals surface area (Å²) in [5.41, 5.74) is -0.154. The number of methoxy groups -OCH3 is 1. The average Bonchev–Trinajstić information content (AvgIpc) is 2.93. The molecule has 0 aliphatic heterocycles. The van der Waals surface area contributed by atoms with E-state index in [4.69, 9.17) is 4.74 Å². The van der Waals surface area contributed by atoms with Gasteiger partial charge in [-0.15, -0.1) is 11.3 Å². The number of aliphatic hydroxyl groups is 1. The van der Waals surface area contributed by atoms with Crippen LogP contribution in [0.1, 0.15) is 35.4 Å². The van der Waals surface area contributed by atoms with Gasteiger partial charge in [0.25, 0.3) is 5.91 Å². The fourth-order valence-corrected chi connectivity index (χ4v) is 2.86. The highest BCUT2D eigenvalue weighted by molar-refractivity contribution is 7.11. The van der Waals surface area contributed by atoms with Crippen molar-refractivity contribution in [2.45, 2.75) is 32.4 Å². The zero-order valence-electron chi connectivity index (χ0n) is 13.1. The third-order valence-electron chi connectivity index (χ3n) is 3.25. The van der Waals surface area contributed by atoms with Crippen molar-refractivity contribution in [3.8, 4) is 5.75 Å². The van der Waals surface area contributed by atoms with E-state index in [1.54, 1.807) is 37.6 Å². The zero-order chi connectivity index (χ0) is 16.3. The first-order chi connectivity index (χ1) is 10.3. The number of thiazole rings is 1. The summed E-state index contributed by atoms with van der Waals surface area (Å²) in [7, 11) is 1.54. The number of hydrogen-bond donors (Lipinski definition) is 2. The molecule has 0 fully saturated rings. The van der Waals surface area contributed by atoms with Crippen LogP contribution in [0.5, 0.6) is 5.75 Å². The molecule has 6 heteroatoms. The molecule has 0 aliphatic carbocycles. The number of aromatic nitrogens is 1. The van der Waals surface area contributed by atoms with Crippen molar-refractivity contribution in [2.75, 3.05) is 7.11 Å². The van der Waals surface area contributed by atoms with Crippen molar-refractivity contribution < 1.29 is 14.6 Å². The summed E-state index contributed by atoms with van der Waals surface area (Å²) in [6.07, 6.45) is 0.516. The normalized spacial score (nSPS) is 12.8. The van der Waals surface area contributed by atoms with E-state index in [9.17, 15) is 9.90 Å². The van der Waals surface area contributed by atoms with Crippen molar-refractivity contribution in [3.63, 3.8) is 0 Å². The first kappa shape index (κ1) is 16.5. The first-order valence-corrected chi connectivity index (χ1v) is 7.72. The summed E-state index contributed by atoms with van der Waals surface area (Å²) in [5.74, 6) is 0.130. The molecule has 1 amide bonds. The standard InChI is InChI=1S/C16H20N2O3S/c1-10-9-17-15(22-10)16(2,3)18-14(20)13(19)11-6-5-7-12(8-11)21-4/h5-9,13,19H,1-4H3,(H,18,20). The monoisotopic (exact) mass is 320 g/mol. The summed E-state index contributed by atoms with van der Waals surface area (Å²) < 4.78 is 5.11. The van der Waals surface area contributed by atoms with Crippen LogP contribution in [-0.2, 0) is 10.3 Å². The summed E-state index contributed by atoms with van der Waals surface area (Å²) in [5, 5.41) is 13.9. The highest BCUT2D eigenvalue weighted by Gasteiger charge is 2.29. The third kappa shape index (κ3) is 3.64. The van der Waals surface area contributed by atoms with Gasteiger partial charge in [-0.3, -0.25) is 4.79 Å². The third-order valence-corrected chi connectivity index (χ3v) is 4.49. The quantitative estimate of drug-likeness (QED) is 0.888. The van der Waals surface area contributed by atoms with Crippen LogP contribution in [0.15, 0.2) is 30.5 Å². The minimum Gasteiger partial charge on any atom is -0.497 e. The number of aryl methyl sites for hydroxylation is 1. The molecule has 1 atom stereocenters. The van der Waals surface area contributed by atoms with Gasteiger partial charge in [-0.25, -0.2) is 4.98 Å². The number of benzene rings is 1. The van der Waals surface area contributed by atoms with Crippen LogP contribution in [0, 0.1) is 6.92 Å². The van der Waals surface area contributed by atoms with Gasteiger partial charge in [-0.1, -0.05) is 12.1 Å². The van der Waals surface area contributed by atoms with Crippen molar-refractivity contribution in [1.29, 1.82) is 0 Å². The van der Waals surface area contributed by atoms with Crippen LogP contribution < -0.4 is 10.1 Å². The van der Waals surface area contributed by atoms with Crippen LogP contribution in [0.25, 0.3) is 0 Å². The molecule has 0 saturated heterocycles. The van der Waals surface area contributed by atoms with Gasteiger partial charge >= 0.3 is 0 Å². The van der Waals surface area contributed by atoms with E-state index in [1.165, 1.54) is 11.3 Å². The molecule has 5 nitrogen and oxygen atoms in total. The number of nitrogens with zero attached hydrogens (tertiary/aromatic N) is 1. The molecule has 22 heavy (non-hydrogen) atoms. The van der Waals surface area contributed by atoms with Crippen LogP contribution >= 0.6 is 11.3 Å². The van der Waals surface area contributed by atoms with Gasteiger partial charge in [0.05, 0.1) is 12.6 Å². The number of rotatable bonds is 5. The summed E-state index contributed by atoms with van der Waals surface area (Å²) in [6.45, 7) is 5.69. The Hall–Kier alpha value is -1.92. The Morgan fingerprint density at radius 2 is 2.18 bits per heavy atom. The van der Waals surface area contributed by atoms with E-state index in [0.717, 1.165) is 9.88 Å². The second-order valence-electron chi connectivity index (χ2n) is 5.57. The fraction of sp³-hybridized carbons (Fsp3) is 0.375. The second kappa shape index (κ2) is 6.46. The number of amides is 1. The summed E-state index contributed by atoms with van der Waals surface area (Å²) in [6, 6.07) is 6.83. The van der Waals surface area contributed by atoms with Crippen molar-refractivity contribution in [1.82, 2.24) is 10.3 Å². The van der Waals surface area contributed by atoms with Crippen molar-refractivity contribution >= 4 is 17.2 Å². The number of nitrogens with one attached hydrogen (secondary N) is 1. The molecule has 2 rings (SSSR count). The zero-order valence-corrected chi connectivity index (χ0v) is 13.9. The van der Waals surface area contributed by atoms with Gasteiger partial charge in [-0.2, -0.15) is 0 Å². The van der Waals surface area contributed by atoms with Gasteiger partial charge < -0.3 is 15.2 Å². The molecule has 118 valence electrons. The molecule has 0 bridgehead atoms. The molecule has 0 spiro atoms. The fourth-order valence-electron chi connectivity index (χ4n) is 2.04. The van der Waals surface area contributed by atoms with Crippen LogP contribution in [-0.4, -0.2) is 23.1 Å². The molecule has 0 saturated carbocycles. The molecule has 1 unspecified atom stereocenters. The van der Waals surface area contributed by atoms with Gasteiger partial charge in [0, 0.05) is 11.1 Å². The van der Waals surface area contributed by atoms with E-state index >= 15 is 0 Å². The Balaban J connectivity index is 2.13. The minimum absolute atomic E-state index is 0.467. The number of hydrogen-bond acceptors (Lipinski definition) is 5. The van der Waals surface area contributed by atoms with E-state index < -0.39 is 17.6 Å². The predicted molar refractivity (Wildman–Crippen MR) is 86.0 cm³/mol. The lowest BCUT2D eigenvalue weighted by atomic mass is 10.0. The van der Waals surface area contributed by atoms with Gasteiger partial charge in [0.1, 0.15) is 10.8 Å². The maximum Gasteiger partial charge on any atom is 0.254 e. The van der Waals surface area contributed by atoms with Crippen LogP contribution in [0.3, 0.4) is 0 Å². The number of carbonyl (C=O) groups is 1. The molecule has 1 aromatic carbocycles. The molecule has 0 aliphatic rings. The SMILES string of the molecule is COc1cccc(C(O)C(=O)NC(C)(C)c2ncc(C)s2)c1. The second-order valence-corrected chi connectivity index (χ2v) is 6.80. The highest BCUT2D eigenvalue weighted by atomic mass is 32.1. The smallest absolute Gasteiger partial charge is 0.254 e. The number of aliphatic hydroxyl groups excluding tert-OH is 1. The Bertz CT molecular complexity index is 667. The summed E-state index contributed by atoms with van der Waals surface area (Å²) in [4.78, 5) is 17.7. The van der Waals surface area contributed by atoms with Gasteiger partial charge in [0.15, 0.2) is 6.10 Å². The predicted octanol–water partition coefficient (Wildman–Crippen LogP) is 2.55. The molecule has 1 heterocycles. The van der Waals surface area contributed by atoms with E-state index in [-0.39, 0.29) is 0 Å². The van der Waals surface area contributed by atoms with E-state index in [0.29, 0.717) is 11.3 Å². The Morgan fingerprint density at radius 1 is 1.45 bits per heavy atom. The average molecular weight is 320 g/mol. The van der Waals surface area contributed by atoms with E-state index in [1.807, 2.05) is 20.8 Å². The van der Waals surface area contributed by atoms with Crippen LogP contribution in [0.4, 0.5) is 0 Å². The van der Waals surface area contributed by atoms with E-state index in [2.05, 4.69) is 10.3 Å². The maximum atomic E-state index is 12.3. The molecule has 2 N–H and O–H groups in total. The maximum absolute atomic E-state index is 12.3. The Morgan fingerprint density at radius 3 is 2.77 bits per heavy atom. The van der Waals surface area contributed by atoms with Crippen LogP contribution in [0.2, 0.25) is 0 Å². The summed E-state index contributed by atoms with van der Waals surface area (Å²) >= 11 is 1.52. The van der Waals surface area contributed by atoms with Crippen molar-refractivity contribution in [2.24, 2.45) is 0 Å². The topological polar surface area (TPSA) is 71.5 Å². The number of carbonyl (C=O) groups excluding carboxylic acids is 1. The lowest BCUT2D eigenvalue weighted by molar-refractivity contribution is -0.131. The lowest BCUT2D eigenvalue weighted by Gasteiger charge is -2.25. The number of ether oxygens (including phenoxy) is 1.